The molecule has 0 N–H and O–H groups in total. The predicted molar refractivity (Wildman–Crippen MR) is 92.8 cm³/mol. The Balaban J connectivity index is 1.55. The molecule has 0 saturated carbocycles. The van der Waals surface area contributed by atoms with E-state index >= 15 is 0 Å². The van der Waals surface area contributed by atoms with Crippen molar-refractivity contribution in [2.45, 2.75) is 19.7 Å². The summed E-state index contributed by atoms with van der Waals surface area (Å²) >= 11 is 0. The predicted octanol–water partition coefficient (Wildman–Crippen LogP) is 3.17. The Morgan fingerprint density at radius 2 is 2.00 bits per heavy atom. The van der Waals surface area contributed by atoms with E-state index in [0.717, 1.165) is 17.9 Å². The molecule has 2 aromatic carbocycles. The summed E-state index contributed by atoms with van der Waals surface area (Å²) in [4.78, 5) is 2.24. The summed E-state index contributed by atoms with van der Waals surface area (Å²) < 4.78 is 7.78. The van der Waals surface area contributed by atoms with Crippen LogP contribution in [0.3, 0.4) is 0 Å². The molecule has 5 heteroatoms. The molecule has 0 spiro atoms. The molecular formula is C19H20N4O. The van der Waals surface area contributed by atoms with Crippen LogP contribution in [0.15, 0.2) is 60.8 Å². The third-order valence-electron chi connectivity index (χ3n) is 4.22. The summed E-state index contributed by atoms with van der Waals surface area (Å²) in [7, 11) is 0. The second kappa shape index (κ2) is 6.45. The smallest absolute Gasteiger partial charge is 0.177 e. The molecule has 0 unspecified atom stereocenters. The van der Waals surface area contributed by atoms with Gasteiger partial charge in [0.1, 0.15) is 5.69 Å². The largest absolute Gasteiger partial charge is 0.350 e. The van der Waals surface area contributed by atoms with Crippen molar-refractivity contribution in [3.63, 3.8) is 0 Å². The first-order chi connectivity index (χ1) is 11.8. The third kappa shape index (κ3) is 3.03. The number of rotatable bonds is 4. The zero-order valence-electron chi connectivity index (χ0n) is 13.7. The van der Waals surface area contributed by atoms with Crippen LogP contribution in [0.1, 0.15) is 23.0 Å². The molecule has 1 saturated heterocycles. The van der Waals surface area contributed by atoms with Gasteiger partial charge in [0.15, 0.2) is 6.23 Å². The van der Waals surface area contributed by atoms with Crippen molar-refractivity contribution in [1.82, 2.24) is 15.0 Å². The number of aromatic nitrogens is 3. The highest BCUT2D eigenvalue weighted by atomic mass is 16.5. The van der Waals surface area contributed by atoms with Crippen molar-refractivity contribution >= 4 is 5.69 Å². The molecule has 0 amide bonds. The van der Waals surface area contributed by atoms with Gasteiger partial charge >= 0.3 is 0 Å². The molecule has 1 fully saturated rings. The second-order valence-corrected chi connectivity index (χ2v) is 6.08. The molecule has 2 heterocycles. The SMILES string of the molecule is Cc1cccc(N2CCO[C@@H]2c2cn(Cc3ccccc3)nn2)c1. The van der Waals surface area contributed by atoms with Crippen LogP contribution in [0.5, 0.6) is 0 Å². The van der Waals surface area contributed by atoms with E-state index in [-0.39, 0.29) is 6.23 Å². The van der Waals surface area contributed by atoms with Gasteiger partial charge < -0.3 is 9.64 Å². The highest BCUT2D eigenvalue weighted by Crippen LogP contribution is 2.31. The van der Waals surface area contributed by atoms with E-state index in [9.17, 15) is 0 Å². The molecular weight excluding hydrogens is 300 g/mol. The van der Waals surface area contributed by atoms with Gasteiger partial charge in [0.2, 0.25) is 0 Å². The Morgan fingerprint density at radius 3 is 2.83 bits per heavy atom. The van der Waals surface area contributed by atoms with Crippen LogP contribution in [-0.2, 0) is 11.3 Å². The number of benzene rings is 2. The summed E-state index contributed by atoms with van der Waals surface area (Å²) in [5, 5.41) is 8.60. The summed E-state index contributed by atoms with van der Waals surface area (Å²) in [5.74, 6) is 0. The van der Waals surface area contributed by atoms with Crippen molar-refractivity contribution in [3.8, 4) is 0 Å². The topological polar surface area (TPSA) is 43.2 Å². The fourth-order valence-corrected chi connectivity index (χ4v) is 3.06. The van der Waals surface area contributed by atoms with Gasteiger partial charge in [0.05, 0.1) is 19.3 Å². The van der Waals surface area contributed by atoms with Crippen LogP contribution in [0, 0.1) is 6.92 Å². The monoisotopic (exact) mass is 320 g/mol. The van der Waals surface area contributed by atoms with Crippen molar-refractivity contribution in [3.05, 3.63) is 77.6 Å². The van der Waals surface area contributed by atoms with Crippen LogP contribution in [-0.4, -0.2) is 28.1 Å². The van der Waals surface area contributed by atoms with Gasteiger partial charge in [-0.3, -0.25) is 0 Å². The summed E-state index contributed by atoms with van der Waals surface area (Å²) in [6, 6.07) is 18.7. The highest BCUT2D eigenvalue weighted by molar-refractivity contribution is 5.50. The van der Waals surface area contributed by atoms with Crippen LogP contribution in [0.25, 0.3) is 0 Å². The van der Waals surface area contributed by atoms with Gasteiger partial charge in [-0.25, -0.2) is 4.68 Å². The molecule has 0 aliphatic carbocycles. The molecule has 5 nitrogen and oxygen atoms in total. The normalized spacial score (nSPS) is 17.4. The zero-order chi connectivity index (χ0) is 16.4. The fraction of sp³-hybridized carbons (Fsp3) is 0.263. The van der Waals surface area contributed by atoms with Gasteiger partial charge in [-0.05, 0) is 30.2 Å². The number of anilines is 1. The molecule has 4 rings (SSSR count). The van der Waals surface area contributed by atoms with Crippen LogP contribution >= 0.6 is 0 Å². The Morgan fingerprint density at radius 1 is 1.12 bits per heavy atom. The average molecular weight is 320 g/mol. The maximum atomic E-state index is 5.92. The molecule has 1 aromatic heterocycles. The average Bonchev–Trinajstić information content (AvgIpc) is 3.24. The first-order valence-corrected chi connectivity index (χ1v) is 8.18. The quantitative estimate of drug-likeness (QED) is 0.740. The van der Waals surface area contributed by atoms with Crippen LogP contribution in [0.4, 0.5) is 5.69 Å². The lowest BCUT2D eigenvalue weighted by atomic mass is 10.2. The fourth-order valence-electron chi connectivity index (χ4n) is 3.06. The second-order valence-electron chi connectivity index (χ2n) is 6.08. The molecule has 1 aliphatic rings. The van der Waals surface area contributed by atoms with Gasteiger partial charge in [-0.1, -0.05) is 47.7 Å². The maximum absolute atomic E-state index is 5.92. The molecule has 24 heavy (non-hydrogen) atoms. The lowest BCUT2D eigenvalue weighted by Crippen LogP contribution is -2.23. The lowest BCUT2D eigenvalue weighted by Gasteiger charge is -2.23. The molecule has 1 aliphatic heterocycles. The third-order valence-corrected chi connectivity index (χ3v) is 4.22. The standard InChI is InChI=1S/C19H20N4O/c1-15-6-5-9-17(12-15)23-10-11-24-19(23)18-14-22(21-20-18)13-16-7-3-2-4-8-16/h2-9,12,14,19H,10-11,13H2,1H3/t19-/m1/s1. The minimum atomic E-state index is -0.170. The Kier molecular flexibility index (Phi) is 4.01. The minimum Gasteiger partial charge on any atom is -0.350 e. The van der Waals surface area contributed by atoms with Crippen LogP contribution < -0.4 is 4.90 Å². The highest BCUT2D eigenvalue weighted by Gasteiger charge is 2.29. The van der Waals surface area contributed by atoms with E-state index in [1.807, 2.05) is 29.1 Å². The van der Waals surface area contributed by atoms with Crippen molar-refractivity contribution < 1.29 is 4.74 Å². The van der Waals surface area contributed by atoms with Gasteiger partial charge in [-0.15, -0.1) is 5.10 Å². The van der Waals surface area contributed by atoms with Crippen molar-refractivity contribution in [2.75, 3.05) is 18.1 Å². The molecule has 1 atom stereocenters. The number of aryl methyl sites for hydroxylation is 1. The number of hydrogen-bond acceptors (Lipinski definition) is 4. The first kappa shape index (κ1) is 14.9. The Bertz CT molecular complexity index is 815. The van der Waals surface area contributed by atoms with Gasteiger partial charge in [0, 0.05) is 12.2 Å². The van der Waals surface area contributed by atoms with E-state index in [4.69, 9.17) is 4.74 Å². The molecule has 3 aromatic rings. The number of ether oxygens (including phenoxy) is 1. The molecule has 0 radical (unpaired) electrons. The Labute approximate surface area is 141 Å². The number of nitrogens with zero attached hydrogens (tertiary/aromatic N) is 4. The van der Waals surface area contributed by atoms with E-state index in [0.29, 0.717) is 13.2 Å². The molecule has 0 bridgehead atoms. The van der Waals surface area contributed by atoms with Gasteiger partial charge in [0.25, 0.3) is 0 Å². The first-order valence-electron chi connectivity index (χ1n) is 8.18. The minimum absolute atomic E-state index is 0.170. The van der Waals surface area contributed by atoms with E-state index in [2.05, 4.69) is 58.5 Å². The van der Waals surface area contributed by atoms with E-state index < -0.39 is 0 Å². The van der Waals surface area contributed by atoms with Crippen molar-refractivity contribution in [2.24, 2.45) is 0 Å². The van der Waals surface area contributed by atoms with E-state index in [1.165, 1.54) is 11.1 Å². The molecule has 122 valence electrons. The summed E-state index contributed by atoms with van der Waals surface area (Å²) in [5.41, 5.74) is 4.46. The van der Waals surface area contributed by atoms with Gasteiger partial charge in [-0.2, -0.15) is 0 Å². The Hall–Kier alpha value is -2.66. The summed E-state index contributed by atoms with van der Waals surface area (Å²) in [6.45, 7) is 4.38. The maximum Gasteiger partial charge on any atom is 0.177 e. The van der Waals surface area contributed by atoms with E-state index in [1.54, 1.807) is 0 Å². The summed E-state index contributed by atoms with van der Waals surface area (Å²) in [6.07, 6.45) is 1.81. The number of hydrogen-bond donors (Lipinski definition) is 0. The van der Waals surface area contributed by atoms with Crippen molar-refractivity contribution in [1.29, 1.82) is 0 Å². The zero-order valence-corrected chi connectivity index (χ0v) is 13.7. The lowest BCUT2D eigenvalue weighted by molar-refractivity contribution is 0.110. The van der Waals surface area contributed by atoms with Crippen LogP contribution in [0.2, 0.25) is 0 Å².